The summed E-state index contributed by atoms with van der Waals surface area (Å²) in [7, 11) is 0. The summed E-state index contributed by atoms with van der Waals surface area (Å²) in [5, 5.41) is 0. The van der Waals surface area contributed by atoms with Crippen molar-refractivity contribution in [2.75, 3.05) is 198 Å². The zero-order chi connectivity index (χ0) is 76.0. The Kier molecular flexibility index (Phi) is 31.3. The second-order valence-corrected chi connectivity index (χ2v) is 23.9. The van der Waals surface area contributed by atoms with E-state index in [-0.39, 0.29) is 262 Å². The summed E-state index contributed by atoms with van der Waals surface area (Å²) >= 11 is 0. The van der Waals surface area contributed by atoms with Crippen LogP contribution in [0.2, 0.25) is 0 Å². The van der Waals surface area contributed by atoms with Crippen LogP contribution in [0.1, 0.15) is 124 Å². The summed E-state index contributed by atoms with van der Waals surface area (Å²) in [5.41, 5.74) is -1.84. The van der Waals surface area contributed by atoms with Crippen LogP contribution in [0.3, 0.4) is 0 Å². The van der Waals surface area contributed by atoms with E-state index in [2.05, 4.69) is 0 Å². The molecule has 0 N–H and O–H groups in total. The first-order chi connectivity index (χ1) is 52.5. The third kappa shape index (κ3) is 27.7. The minimum absolute atomic E-state index is 0.00267. The van der Waals surface area contributed by atoms with Crippen LogP contribution in [-0.4, -0.2) is 306 Å². The van der Waals surface area contributed by atoms with Gasteiger partial charge in [-0.2, -0.15) is 0 Å². The van der Waals surface area contributed by atoms with Gasteiger partial charge in [0, 0.05) is 0 Å². The Hall–Kier alpha value is -9.96. The van der Waals surface area contributed by atoms with Gasteiger partial charge in [-0.1, -0.05) is 0 Å². The highest BCUT2D eigenvalue weighted by Crippen LogP contribution is 2.24. The summed E-state index contributed by atoms with van der Waals surface area (Å²) in [5.74, 6) is -10.3. The van der Waals surface area contributed by atoms with E-state index in [0.717, 1.165) is 6.07 Å². The molecule has 0 amide bonds. The van der Waals surface area contributed by atoms with Crippen molar-refractivity contribution in [1.29, 1.82) is 0 Å². The molecule has 6 aliphatic heterocycles. The lowest BCUT2D eigenvalue weighted by molar-refractivity contribution is 0.00124. The Labute approximate surface area is 615 Å². The SMILES string of the molecule is O=C(OCCOCCOCCOC(=O)c1ccc(C(=O)OCC2CO2)c(C(=O)OCC2CO2)c1)c1ccc(C(=O)OCCOCCOCCOC(=O)c2ccc(C(=O)OCC3CO3)c(C(=O)OCC3CO3)c2)c(C(=O)OCCOCCOCCOC(=O)c2ccc(C(=O)OCC3CO3)c(C(=O)OCC3CO3)c2)c1. The number of rotatable bonds is 51. The van der Waals surface area contributed by atoms with Gasteiger partial charge in [0.15, 0.2) is 0 Å². The molecule has 6 aliphatic rings. The summed E-state index contributed by atoms with van der Waals surface area (Å²) in [6, 6.07) is 14.7. The lowest BCUT2D eigenvalue weighted by Gasteiger charge is -2.13. The zero-order valence-corrected chi connectivity index (χ0v) is 58.3. The number of hydrogen-bond acceptors (Lipinski definition) is 36. The van der Waals surface area contributed by atoms with E-state index in [1.165, 1.54) is 66.7 Å². The van der Waals surface area contributed by atoms with Gasteiger partial charge >= 0.3 is 71.6 Å². The van der Waals surface area contributed by atoms with Crippen molar-refractivity contribution in [3.63, 3.8) is 0 Å². The molecule has 6 saturated heterocycles. The van der Waals surface area contributed by atoms with E-state index in [0.29, 0.717) is 39.6 Å². The van der Waals surface area contributed by atoms with Crippen LogP contribution >= 0.6 is 0 Å². The predicted octanol–water partition coefficient (Wildman–Crippen LogP) is 2.16. The molecule has 10 rings (SSSR count). The molecule has 582 valence electrons. The van der Waals surface area contributed by atoms with Crippen molar-refractivity contribution < 1.29 is 171 Å². The molecule has 0 aromatic heterocycles. The van der Waals surface area contributed by atoms with Gasteiger partial charge in [-0.15, -0.1) is 0 Å². The molecule has 6 atom stereocenters. The maximum Gasteiger partial charge on any atom is 0.339 e. The summed E-state index contributed by atoms with van der Waals surface area (Å²) in [4.78, 5) is 156. The van der Waals surface area contributed by atoms with E-state index in [1.54, 1.807) is 0 Å². The molecule has 36 nitrogen and oxygen atoms in total. The molecule has 0 bridgehead atoms. The lowest BCUT2D eigenvalue weighted by atomic mass is 10.0. The average molecular weight is 1520 g/mol. The molecule has 0 radical (unpaired) electrons. The highest BCUT2D eigenvalue weighted by Gasteiger charge is 2.34. The first-order valence-electron chi connectivity index (χ1n) is 34.3. The Balaban J connectivity index is 0.629. The monoisotopic (exact) mass is 1520 g/mol. The third-order valence-electron chi connectivity index (χ3n) is 15.5. The van der Waals surface area contributed by atoms with Gasteiger partial charge in [0.1, 0.15) is 116 Å². The standard InChI is InChI=1S/C72H78O36/c73-61(91-21-15-85-9-10-86-16-22-92-62(74)44-2-6-54(66(78)103-37-47-31-97-47)58(28-44)70(82)106-40-50-34-100-50)43-1-5-53(65(77)95-25-19-89-13-11-87-17-23-93-63(75)45-3-7-55(67(79)104-38-48-32-98-48)59(29-45)71(83)107-41-51-35-101-51)57(27-43)69(81)96-26-20-90-14-12-88-18-24-94-64(76)46-4-8-56(68(80)105-39-49-33-99-49)60(30-46)72(84)108-42-52-36-102-52/h1-8,27-30,47-52H,9-26,31-42H2. The fourth-order valence-electron chi connectivity index (χ4n) is 9.15. The molecule has 6 heterocycles. The summed E-state index contributed by atoms with van der Waals surface area (Å²) in [6.07, 6.45) is -1.41. The molecular formula is C72H78O36. The topological polar surface area (TPSA) is 446 Å². The Bertz CT molecular complexity index is 3810. The number of ether oxygens (including phenoxy) is 24. The van der Waals surface area contributed by atoms with Crippen molar-refractivity contribution in [3.8, 4) is 0 Å². The number of benzene rings is 4. The molecular weight excluding hydrogens is 1440 g/mol. The lowest BCUT2D eigenvalue weighted by Crippen LogP contribution is -2.20. The fraction of sp³-hybridized carbons (Fsp3) is 0.500. The largest absolute Gasteiger partial charge is 0.460 e. The molecule has 0 saturated carbocycles. The van der Waals surface area contributed by atoms with Crippen LogP contribution in [-0.2, 0) is 114 Å². The summed E-state index contributed by atoms with van der Waals surface area (Å²) in [6.45, 7) is 0.561. The normalized spacial score (nSPS) is 18.0. The smallest absolute Gasteiger partial charge is 0.339 e. The third-order valence-corrected chi connectivity index (χ3v) is 15.5. The van der Waals surface area contributed by atoms with E-state index >= 15 is 0 Å². The maximum atomic E-state index is 13.6. The van der Waals surface area contributed by atoms with Gasteiger partial charge in [-0.05, 0) is 72.8 Å². The van der Waals surface area contributed by atoms with Crippen LogP contribution < -0.4 is 0 Å². The molecule has 36 heteroatoms. The minimum Gasteiger partial charge on any atom is -0.460 e. The van der Waals surface area contributed by atoms with Gasteiger partial charge < -0.3 is 114 Å². The van der Waals surface area contributed by atoms with Crippen LogP contribution in [0.25, 0.3) is 0 Å². The van der Waals surface area contributed by atoms with Crippen molar-refractivity contribution in [2.24, 2.45) is 0 Å². The van der Waals surface area contributed by atoms with E-state index in [9.17, 15) is 57.5 Å². The van der Waals surface area contributed by atoms with Gasteiger partial charge in [-0.3, -0.25) is 0 Å². The molecule has 108 heavy (non-hydrogen) atoms. The minimum atomic E-state index is -1.04. The number of carbonyl (C=O) groups excluding carboxylic acids is 12. The van der Waals surface area contributed by atoms with E-state index in [4.69, 9.17) is 114 Å². The van der Waals surface area contributed by atoms with E-state index in [1.807, 2.05) is 0 Å². The Morgan fingerprint density at radius 3 is 0.537 bits per heavy atom. The first-order valence-corrected chi connectivity index (χ1v) is 34.3. The van der Waals surface area contributed by atoms with Gasteiger partial charge in [0.2, 0.25) is 0 Å². The number of hydrogen-bond donors (Lipinski definition) is 0. The van der Waals surface area contributed by atoms with Crippen LogP contribution in [0, 0.1) is 0 Å². The quantitative estimate of drug-likeness (QED) is 0.0264. The van der Waals surface area contributed by atoms with Crippen LogP contribution in [0.15, 0.2) is 72.8 Å². The van der Waals surface area contributed by atoms with Gasteiger partial charge in [0.05, 0.1) is 186 Å². The number of esters is 12. The van der Waals surface area contributed by atoms with Gasteiger partial charge in [0.25, 0.3) is 0 Å². The Morgan fingerprint density at radius 2 is 0.352 bits per heavy atom. The van der Waals surface area contributed by atoms with E-state index < -0.39 is 71.6 Å². The number of carbonyl (C=O) groups is 12. The molecule has 6 unspecified atom stereocenters. The second-order valence-electron chi connectivity index (χ2n) is 23.9. The number of epoxide rings is 6. The maximum absolute atomic E-state index is 13.6. The van der Waals surface area contributed by atoms with Gasteiger partial charge in [-0.25, -0.2) is 57.5 Å². The molecule has 0 aliphatic carbocycles. The van der Waals surface area contributed by atoms with Crippen LogP contribution in [0.4, 0.5) is 0 Å². The molecule has 0 spiro atoms. The molecule has 4 aromatic rings. The second kappa shape index (κ2) is 42.0. The summed E-state index contributed by atoms with van der Waals surface area (Å²) < 4.78 is 127. The van der Waals surface area contributed by atoms with Crippen molar-refractivity contribution >= 4 is 71.6 Å². The molecule has 6 fully saturated rings. The Morgan fingerprint density at radius 1 is 0.204 bits per heavy atom. The first kappa shape index (κ1) is 80.6. The average Bonchev–Trinajstić information content (AvgIpc) is 1.16. The predicted molar refractivity (Wildman–Crippen MR) is 353 cm³/mol. The highest BCUT2D eigenvalue weighted by atomic mass is 16.7. The van der Waals surface area contributed by atoms with Crippen LogP contribution in [0.5, 0.6) is 0 Å². The highest BCUT2D eigenvalue weighted by molar-refractivity contribution is 6.08. The zero-order valence-electron chi connectivity index (χ0n) is 58.3. The van der Waals surface area contributed by atoms with Crippen molar-refractivity contribution in [3.05, 3.63) is 140 Å². The molecule has 4 aromatic carbocycles. The van der Waals surface area contributed by atoms with Crippen molar-refractivity contribution in [1.82, 2.24) is 0 Å². The van der Waals surface area contributed by atoms with Crippen molar-refractivity contribution in [2.45, 2.75) is 36.6 Å². The fourth-order valence-corrected chi connectivity index (χ4v) is 9.15.